The number of nitrogens with zero attached hydrogens (tertiary/aromatic N) is 3. The molecule has 1 aromatic heterocycles. The van der Waals surface area contributed by atoms with Gasteiger partial charge >= 0.3 is 0 Å². The maximum Gasteiger partial charge on any atom is 0.263 e. The van der Waals surface area contributed by atoms with Gasteiger partial charge in [0, 0.05) is 19.7 Å². The zero-order valence-corrected chi connectivity index (χ0v) is 12.7. The number of carbonyl (C=O) groups is 1. The van der Waals surface area contributed by atoms with Gasteiger partial charge < -0.3 is 14.4 Å². The topological polar surface area (TPSA) is 64.6 Å². The Morgan fingerprint density at radius 2 is 1.95 bits per heavy atom. The molecule has 0 radical (unpaired) electrons. The van der Waals surface area contributed by atoms with E-state index < -0.39 is 5.60 Å². The van der Waals surface area contributed by atoms with Crippen molar-refractivity contribution in [2.24, 2.45) is 0 Å². The molecule has 6 heteroatoms. The van der Waals surface area contributed by atoms with Crippen molar-refractivity contribution in [1.29, 1.82) is 0 Å². The van der Waals surface area contributed by atoms with Crippen LogP contribution in [0.5, 0.6) is 5.88 Å². The molecular formula is C15H17N3O3. The second kappa shape index (κ2) is 4.39. The summed E-state index contributed by atoms with van der Waals surface area (Å²) >= 11 is 0. The molecular weight excluding hydrogens is 270 g/mol. The van der Waals surface area contributed by atoms with E-state index in [1.54, 1.807) is 26.0 Å². The smallest absolute Gasteiger partial charge is 0.263 e. The molecule has 0 saturated carbocycles. The van der Waals surface area contributed by atoms with E-state index >= 15 is 0 Å². The highest BCUT2D eigenvalue weighted by Crippen LogP contribution is 2.44. The Balaban J connectivity index is 2.37. The third kappa shape index (κ3) is 1.72. The van der Waals surface area contributed by atoms with Crippen molar-refractivity contribution >= 4 is 22.5 Å². The molecule has 3 rings (SSSR count). The van der Waals surface area contributed by atoms with E-state index in [1.165, 1.54) is 7.11 Å². The lowest BCUT2D eigenvalue weighted by Gasteiger charge is -2.21. The van der Waals surface area contributed by atoms with Crippen LogP contribution in [-0.4, -0.2) is 37.1 Å². The number of rotatable bonds is 2. The second-order valence-corrected chi connectivity index (χ2v) is 5.27. The summed E-state index contributed by atoms with van der Waals surface area (Å²) in [5, 5.41) is 0.772. The Labute approximate surface area is 122 Å². The number of likely N-dealkylation sites (N-methyl/N-ethyl adjacent to an activating group) is 1. The average molecular weight is 287 g/mol. The molecule has 0 N–H and O–H groups in total. The first kappa shape index (κ1) is 13.8. The summed E-state index contributed by atoms with van der Waals surface area (Å²) < 4.78 is 10.8. The van der Waals surface area contributed by atoms with Crippen LogP contribution in [0.4, 0.5) is 5.69 Å². The van der Waals surface area contributed by atoms with Crippen molar-refractivity contribution in [2.45, 2.75) is 19.4 Å². The van der Waals surface area contributed by atoms with E-state index in [0.29, 0.717) is 11.7 Å². The number of aryl methyl sites for hydroxylation is 1. The fourth-order valence-electron chi connectivity index (χ4n) is 2.80. The van der Waals surface area contributed by atoms with Gasteiger partial charge in [-0.2, -0.15) is 4.98 Å². The molecule has 1 aliphatic rings. The number of anilines is 1. The highest BCUT2D eigenvalue weighted by Gasteiger charge is 2.46. The maximum absolute atomic E-state index is 12.4. The van der Waals surface area contributed by atoms with E-state index in [4.69, 9.17) is 9.47 Å². The Morgan fingerprint density at radius 1 is 1.24 bits per heavy atom. The van der Waals surface area contributed by atoms with Crippen molar-refractivity contribution in [2.75, 3.05) is 26.2 Å². The minimum Gasteiger partial charge on any atom is -0.480 e. The molecule has 0 fully saturated rings. The van der Waals surface area contributed by atoms with Gasteiger partial charge in [-0.15, -0.1) is 0 Å². The van der Waals surface area contributed by atoms with Crippen LogP contribution in [0.2, 0.25) is 0 Å². The van der Waals surface area contributed by atoms with E-state index in [-0.39, 0.29) is 5.91 Å². The van der Waals surface area contributed by atoms with E-state index in [1.807, 2.05) is 19.1 Å². The van der Waals surface area contributed by atoms with Gasteiger partial charge in [0.25, 0.3) is 5.91 Å². The summed E-state index contributed by atoms with van der Waals surface area (Å²) in [6, 6.07) is 3.76. The molecule has 1 amide bonds. The minimum absolute atomic E-state index is 0.0982. The van der Waals surface area contributed by atoms with Gasteiger partial charge in [0.05, 0.1) is 23.7 Å². The Kier molecular flexibility index (Phi) is 2.88. The molecule has 2 aromatic rings. The molecule has 110 valence electrons. The summed E-state index contributed by atoms with van der Waals surface area (Å²) in [5.74, 6) is 1.03. The van der Waals surface area contributed by atoms with Crippen LogP contribution in [-0.2, 0) is 15.1 Å². The Morgan fingerprint density at radius 3 is 2.57 bits per heavy atom. The van der Waals surface area contributed by atoms with Crippen LogP contribution >= 0.6 is 0 Å². The van der Waals surface area contributed by atoms with Gasteiger partial charge in [-0.25, -0.2) is 4.98 Å². The second-order valence-electron chi connectivity index (χ2n) is 5.27. The first-order valence-corrected chi connectivity index (χ1v) is 6.62. The van der Waals surface area contributed by atoms with E-state index in [2.05, 4.69) is 9.97 Å². The zero-order valence-electron chi connectivity index (χ0n) is 12.7. The van der Waals surface area contributed by atoms with Crippen molar-refractivity contribution < 1.29 is 14.3 Å². The van der Waals surface area contributed by atoms with Crippen molar-refractivity contribution in [3.8, 4) is 5.88 Å². The largest absolute Gasteiger partial charge is 0.480 e. The predicted octanol–water partition coefficient (Wildman–Crippen LogP) is 1.78. The SMILES string of the molecule is COc1nc(C)nc2cc3c(cc12)C(C)(OC)C(=O)N3C. The summed E-state index contributed by atoms with van der Waals surface area (Å²) in [5.41, 5.74) is 1.36. The zero-order chi connectivity index (χ0) is 15.4. The summed E-state index contributed by atoms with van der Waals surface area (Å²) in [6.07, 6.45) is 0. The lowest BCUT2D eigenvalue weighted by molar-refractivity contribution is -0.137. The number of aromatic nitrogens is 2. The van der Waals surface area contributed by atoms with Gasteiger partial charge in [-0.3, -0.25) is 4.79 Å². The number of hydrogen-bond donors (Lipinski definition) is 0. The molecule has 21 heavy (non-hydrogen) atoms. The molecule has 2 heterocycles. The highest BCUT2D eigenvalue weighted by molar-refractivity contribution is 6.08. The molecule has 0 spiro atoms. The van der Waals surface area contributed by atoms with Crippen LogP contribution in [0.3, 0.4) is 0 Å². The average Bonchev–Trinajstić information content (AvgIpc) is 2.67. The number of carbonyl (C=O) groups excluding carboxylic acids is 1. The van der Waals surface area contributed by atoms with Gasteiger partial charge in [0.15, 0.2) is 5.60 Å². The Hall–Kier alpha value is -2.21. The number of amides is 1. The summed E-state index contributed by atoms with van der Waals surface area (Å²) in [4.78, 5) is 22.8. The van der Waals surface area contributed by atoms with Crippen LogP contribution in [0.1, 0.15) is 18.3 Å². The van der Waals surface area contributed by atoms with Crippen LogP contribution in [0.25, 0.3) is 10.9 Å². The number of benzene rings is 1. The third-order valence-electron chi connectivity index (χ3n) is 4.08. The molecule has 1 atom stereocenters. The van der Waals surface area contributed by atoms with Crippen molar-refractivity contribution in [3.63, 3.8) is 0 Å². The molecule has 1 unspecified atom stereocenters. The first-order chi connectivity index (χ1) is 9.92. The van der Waals surface area contributed by atoms with Gasteiger partial charge in [0.1, 0.15) is 5.82 Å². The monoisotopic (exact) mass is 287 g/mol. The molecule has 1 aromatic carbocycles. The molecule has 0 bridgehead atoms. The normalized spacial score (nSPS) is 21.0. The van der Waals surface area contributed by atoms with Crippen molar-refractivity contribution in [3.05, 3.63) is 23.5 Å². The molecule has 0 aliphatic carbocycles. The Bertz CT molecular complexity index is 759. The van der Waals surface area contributed by atoms with Crippen LogP contribution < -0.4 is 9.64 Å². The summed E-state index contributed by atoms with van der Waals surface area (Å²) in [7, 11) is 4.84. The third-order valence-corrected chi connectivity index (χ3v) is 4.08. The number of ether oxygens (including phenoxy) is 2. The quantitative estimate of drug-likeness (QED) is 0.842. The minimum atomic E-state index is -0.992. The molecule has 6 nitrogen and oxygen atoms in total. The van der Waals surface area contributed by atoms with E-state index in [9.17, 15) is 4.79 Å². The number of fused-ring (bicyclic) bond motifs is 2. The lowest BCUT2D eigenvalue weighted by Crippen LogP contribution is -2.37. The van der Waals surface area contributed by atoms with E-state index in [0.717, 1.165) is 22.2 Å². The molecule has 1 aliphatic heterocycles. The first-order valence-electron chi connectivity index (χ1n) is 6.62. The predicted molar refractivity (Wildman–Crippen MR) is 78.6 cm³/mol. The van der Waals surface area contributed by atoms with Crippen LogP contribution in [0, 0.1) is 6.92 Å². The highest BCUT2D eigenvalue weighted by atomic mass is 16.5. The fourth-order valence-corrected chi connectivity index (χ4v) is 2.80. The maximum atomic E-state index is 12.4. The van der Waals surface area contributed by atoms with Crippen molar-refractivity contribution in [1.82, 2.24) is 9.97 Å². The standard InChI is InChI=1S/C15H17N3O3/c1-8-16-11-7-12-10(6-9(11)13(17-8)20-4)15(2,21-5)14(19)18(12)3/h6-7H,1-5H3. The fraction of sp³-hybridized carbons (Fsp3) is 0.400. The van der Waals surface area contributed by atoms with Gasteiger partial charge in [-0.1, -0.05) is 0 Å². The molecule has 0 saturated heterocycles. The number of methoxy groups -OCH3 is 2. The number of hydrogen-bond acceptors (Lipinski definition) is 5. The van der Waals surface area contributed by atoms with Gasteiger partial charge in [0.2, 0.25) is 5.88 Å². The van der Waals surface area contributed by atoms with Crippen LogP contribution in [0.15, 0.2) is 12.1 Å². The summed E-state index contributed by atoms with van der Waals surface area (Å²) in [6.45, 7) is 3.58. The lowest BCUT2D eigenvalue weighted by atomic mass is 9.96. The van der Waals surface area contributed by atoms with Gasteiger partial charge in [-0.05, 0) is 26.0 Å².